The smallest absolute Gasteiger partial charge is 0.254 e. The lowest BCUT2D eigenvalue weighted by Crippen LogP contribution is -2.49. The Hall–Kier alpha value is -2.53. The van der Waals surface area contributed by atoms with Crippen LogP contribution in [0, 0.1) is 0 Å². The van der Waals surface area contributed by atoms with Gasteiger partial charge in [0.25, 0.3) is 5.91 Å². The highest BCUT2D eigenvalue weighted by atomic mass is 35.5. The summed E-state index contributed by atoms with van der Waals surface area (Å²) in [5, 5.41) is 0.667. The number of halogens is 1. The molecule has 1 unspecified atom stereocenters. The fraction of sp³-hybridized carbons (Fsp3) is 0.263. The number of ether oxygens (including phenoxy) is 1. The van der Waals surface area contributed by atoms with Crippen molar-refractivity contribution in [3.63, 3.8) is 0 Å². The minimum absolute atomic E-state index is 0.172. The summed E-state index contributed by atoms with van der Waals surface area (Å²) in [6.45, 7) is 2.51. The maximum atomic E-state index is 12.6. The van der Waals surface area contributed by atoms with E-state index in [-0.39, 0.29) is 5.91 Å². The molecule has 2 amide bonds. The minimum Gasteiger partial charge on any atom is -0.489 e. The normalized spacial score (nSPS) is 14.8. The lowest BCUT2D eigenvalue weighted by atomic mass is 9.97. The number of benzene rings is 2. The molecule has 2 N–H and O–H groups in total. The Balaban J connectivity index is 1.73. The summed E-state index contributed by atoms with van der Waals surface area (Å²) >= 11 is 5.97. The molecular formula is C19H19ClN2O3. The number of nitrogens with two attached hydrogens (primary N) is 1. The van der Waals surface area contributed by atoms with Crippen LogP contribution in [0.2, 0.25) is 5.02 Å². The Morgan fingerprint density at radius 2 is 2.12 bits per heavy atom. The van der Waals surface area contributed by atoms with Gasteiger partial charge in [0, 0.05) is 17.1 Å². The number of carbonyl (C=O) groups excluding carboxylic acids is 2. The van der Waals surface area contributed by atoms with Crippen LogP contribution in [-0.2, 0) is 17.8 Å². The van der Waals surface area contributed by atoms with Gasteiger partial charge in [-0.3, -0.25) is 9.59 Å². The van der Waals surface area contributed by atoms with Gasteiger partial charge in [0.1, 0.15) is 18.4 Å². The van der Waals surface area contributed by atoms with Gasteiger partial charge in [0.15, 0.2) is 0 Å². The average molecular weight is 359 g/mol. The van der Waals surface area contributed by atoms with Crippen LogP contribution in [0.15, 0.2) is 42.5 Å². The van der Waals surface area contributed by atoms with Crippen molar-refractivity contribution in [2.45, 2.75) is 26.0 Å². The molecule has 130 valence electrons. The van der Waals surface area contributed by atoms with E-state index in [1.54, 1.807) is 19.1 Å². The third-order valence-electron chi connectivity index (χ3n) is 4.36. The molecule has 1 aliphatic heterocycles. The van der Waals surface area contributed by atoms with E-state index in [0.717, 1.165) is 11.1 Å². The molecule has 0 saturated heterocycles. The highest BCUT2D eigenvalue weighted by Gasteiger charge is 2.30. The zero-order valence-corrected chi connectivity index (χ0v) is 14.6. The van der Waals surface area contributed by atoms with Gasteiger partial charge >= 0.3 is 0 Å². The van der Waals surface area contributed by atoms with E-state index in [1.165, 1.54) is 4.90 Å². The first-order chi connectivity index (χ1) is 12.0. The Labute approximate surface area is 151 Å². The third-order valence-corrected chi connectivity index (χ3v) is 4.60. The fourth-order valence-corrected chi connectivity index (χ4v) is 3.10. The number of hydrogen-bond acceptors (Lipinski definition) is 3. The summed E-state index contributed by atoms with van der Waals surface area (Å²) in [4.78, 5) is 25.4. The van der Waals surface area contributed by atoms with Crippen molar-refractivity contribution in [1.29, 1.82) is 0 Å². The summed E-state index contributed by atoms with van der Waals surface area (Å²) in [7, 11) is 0. The van der Waals surface area contributed by atoms with Gasteiger partial charge in [0.05, 0.1) is 0 Å². The van der Waals surface area contributed by atoms with Gasteiger partial charge in [-0.15, -0.1) is 0 Å². The molecule has 0 bridgehead atoms. The van der Waals surface area contributed by atoms with Crippen LogP contribution in [0.3, 0.4) is 0 Å². The first-order valence-corrected chi connectivity index (χ1v) is 8.44. The van der Waals surface area contributed by atoms with Crippen molar-refractivity contribution in [2.75, 3.05) is 6.54 Å². The number of rotatable bonds is 5. The standard InChI is InChI=1S/C19H19ClN2O3/c1-12(18(21)23)22-8-7-14-10-16(5-6-17(14)19(22)24)25-11-13-3-2-4-15(20)9-13/h2-6,9-10,12H,7-8,11H2,1H3,(H2,21,23). The number of amides is 2. The van der Waals surface area contributed by atoms with Crippen LogP contribution in [-0.4, -0.2) is 29.3 Å². The Morgan fingerprint density at radius 3 is 2.84 bits per heavy atom. The van der Waals surface area contributed by atoms with Gasteiger partial charge in [-0.1, -0.05) is 23.7 Å². The van der Waals surface area contributed by atoms with E-state index in [1.807, 2.05) is 30.3 Å². The number of carbonyl (C=O) groups is 2. The average Bonchev–Trinajstić information content (AvgIpc) is 2.59. The molecule has 0 fully saturated rings. The van der Waals surface area contributed by atoms with Gasteiger partial charge < -0.3 is 15.4 Å². The summed E-state index contributed by atoms with van der Waals surface area (Å²) < 4.78 is 5.80. The minimum atomic E-state index is -0.612. The highest BCUT2D eigenvalue weighted by Crippen LogP contribution is 2.25. The third kappa shape index (κ3) is 3.77. The fourth-order valence-electron chi connectivity index (χ4n) is 2.89. The van der Waals surface area contributed by atoms with E-state index in [2.05, 4.69) is 0 Å². The van der Waals surface area contributed by atoms with Crippen LogP contribution in [0.25, 0.3) is 0 Å². The summed E-state index contributed by atoms with van der Waals surface area (Å²) in [5.41, 5.74) is 7.80. The van der Waals surface area contributed by atoms with Crippen LogP contribution in [0.1, 0.15) is 28.4 Å². The molecule has 0 spiro atoms. The summed E-state index contributed by atoms with van der Waals surface area (Å²) in [5.74, 6) is 0.0233. The van der Waals surface area contributed by atoms with Crippen molar-refractivity contribution < 1.29 is 14.3 Å². The number of nitrogens with zero attached hydrogens (tertiary/aromatic N) is 1. The first kappa shape index (κ1) is 17.3. The first-order valence-electron chi connectivity index (χ1n) is 8.06. The highest BCUT2D eigenvalue weighted by molar-refractivity contribution is 6.30. The number of fused-ring (bicyclic) bond motifs is 1. The monoisotopic (exact) mass is 358 g/mol. The maximum absolute atomic E-state index is 12.6. The molecule has 1 heterocycles. The molecule has 0 aromatic heterocycles. The summed E-state index contributed by atoms with van der Waals surface area (Å²) in [6.07, 6.45) is 0.660. The lowest BCUT2D eigenvalue weighted by molar-refractivity contribution is -0.122. The predicted octanol–water partition coefficient (Wildman–Crippen LogP) is 2.79. The molecule has 2 aromatic carbocycles. The quantitative estimate of drug-likeness (QED) is 0.893. The Bertz CT molecular complexity index is 822. The van der Waals surface area contributed by atoms with Crippen LogP contribution in [0.5, 0.6) is 5.75 Å². The number of primary amides is 1. The van der Waals surface area contributed by atoms with Crippen molar-refractivity contribution >= 4 is 23.4 Å². The van der Waals surface area contributed by atoms with E-state index < -0.39 is 11.9 Å². The molecule has 0 radical (unpaired) electrons. The predicted molar refractivity (Wildman–Crippen MR) is 95.6 cm³/mol. The van der Waals surface area contributed by atoms with Crippen LogP contribution in [0.4, 0.5) is 0 Å². The largest absolute Gasteiger partial charge is 0.489 e. The zero-order chi connectivity index (χ0) is 18.0. The molecule has 5 nitrogen and oxygen atoms in total. The van der Waals surface area contributed by atoms with Crippen molar-refractivity contribution in [3.05, 3.63) is 64.2 Å². The molecule has 1 aliphatic rings. The second kappa shape index (κ2) is 7.15. The van der Waals surface area contributed by atoms with Crippen molar-refractivity contribution in [3.8, 4) is 5.75 Å². The molecule has 0 aliphatic carbocycles. The van der Waals surface area contributed by atoms with Gasteiger partial charge in [-0.25, -0.2) is 0 Å². The summed E-state index contributed by atoms with van der Waals surface area (Å²) in [6, 6.07) is 12.3. The van der Waals surface area contributed by atoms with Crippen molar-refractivity contribution in [1.82, 2.24) is 4.90 Å². The Kier molecular flexibility index (Phi) is 4.95. The Morgan fingerprint density at radius 1 is 1.32 bits per heavy atom. The second-order valence-corrected chi connectivity index (χ2v) is 6.50. The maximum Gasteiger partial charge on any atom is 0.254 e. The van der Waals surface area contributed by atoms with Gasteiger partial charge in [-0.05, 0) is 54.8 Å². The number of hydrogen-bond donors (Lipinski definition) is 1. The van der Waals surface area contributed by atoms with Gasteiger partial charge in [0.2, 0.25) is 5.91 Å². The molecule has 1 atom stereocenters. The van der Waals surface area contributed by atoms with Crippen molar-refractivity contribution in [2.24, 2.45) is 5.73 Å². The molecule has 6 heteroatoms. The second-order valence-electron chi connectivity index (χ2n) is 6.06. The molecule has 3 rings (SSSR count). The van der Waals surface area contributed by atoms with E-state index in [4.69, 9.17) is 22.1 Å². The molecule has 2 aromatic rings. The molecule has 25 heavy (non-hydrogen) atoms. The topological polar surface area (TPSA) is 72.6 Å². The van der Waals surface area contributed by atoms with Gasteiger partial charge in [-0.2, -0.15) is 0 Å². The van der Waals surface area contributed by atoms with Crippen LogP contribution < -0.4 is 10.5 Å². The van der Waals surface area contributed by atoms with E-state index in [0.29, 0.717) is 35.9 Å². The van der Waals surface area contributed by atoms with Crippen LogP contribution >= 0.6 is 11.6 Å². The molecule has 0 saturated carbocycles. The zero-order valence-electron chi connectivity index (χ0n) is 13.9. The van der Waals surface area contributed by atoms with E-state index >= 15 is 0 Å². The molecular weight excluding hydrogens is 340 g/mol. The SMILES string of the molecule is CC(C(N)=O)N1CCc2cc(OCc3cccc(Cl)c3)ccc2C1=O. The lowest BCUT2D eigenvalue weighted by Gasteiger charge is -2.32. The van der Waals surface area contributed by atoms with E-state index in [9.17, 15) is 9.59 Å².